The third-order valence-electron chi connectivity index (χ3n) is 4.42. The minimum absolute atomic E-state index is 0.157. The Morgan fingerprint density at radius 3 is 2.75 bits per heavy atom. The monoisotopic (exact) mass is 392 g/mol. The molecule has 0 fully saturated rings. The van der Waals surface area contributed by atoms with Gasteiger partial charge in [-0.05, 0) is 43.7 Å². The second-order valence-electron chi connectivity index (χ2n) is 6.70. The van der Waals surface area contributed by atoms with Crippen LogP contribution in [-0.4, -0.2) is 32.0 Å². The molecule has 0 atom stereocenters. The van der Waals surface area contributed by atoms with Gasteiger partial charge in [-0.15, -0.1) is 10.2 Å². The first-order valence-corrected chi connectivity index (χ1v) is 9.81. The number of para-hydroxylation sites is 1. The Balaban J connectivity index is 2.12. The van der Waals surface area contributed by atoms with Crippen LogP contribution in [0.15, 0.2) is 64.6 Å². The lowest BCUT2D eigenvalue weighted by Crippen LogP contribution is -2.22. The van der Waals surface area contributed by atoms with Crippen molar-refractivity contribution >= 4 is 28.4 Å². The van der Waals surface area contributed by atoms with Gasteiger partial charge >= 0.3 is 0 Å². The summed E-state index contributed by atoms with van der Waals surface area (Å²) in [5.74, 6) is 1.78. The first kappa shape index (κ1) is 18.3. The molecule has 7 heteroatoms. The van der Waals surface area contributed by atoms with Crippen molar-refractivity contribution in [2.75, 3.05) is 12.9 Å². The summed E-state index contributed by atoms with van der Waals surface area (Å²) in [5.41, 5.74) is 3.33. The largest absolute Gasteiger partial charge is 0.495 e. The fourth-order valence-electron chi connectivity index (χ4n) is 3.15. The molecule has 0 N–H and O–H groups in total. The van der Waals surface area contributed by atoms with E-state index >= 15 is 0 Å². The van der Waals surface area contributed by atoms with Crippen LogP contribution >= 0.6 is 11.8 Å². The highest BCUT2D eigenvalue weighted by molar-refractivity contribution is 7.99. The van der Waals surface area contributed by atoms with Crippen LogP contribution in [0, 0.1) is 6.92 Å². The molecule has 0 bridgehead atoms. The molecule has 0 saturated heterocycles. The lowest BCUT2D eigenvalue weighted by molar-refractivity contribution is 0.412. The molecule has 0 saturated carbocycles. The highest BCUT2D eigenvalue weighted by Gasteiger charge is 2.19. The molecule has 4 aromatic rings. The van der Waals surface area contributed by atoms with E-state index in [-0.39, 0.29) is 5.56 Å². The fourth-order valence-corrected chi connectivity index (χ4v) is 3.93. The van der Waals surface area contributed by atoms with Gasteiger partial charge in [0, 0.05) is 5.75 Å². The third-order valence-corrected chi connectivity index (χ3v) is 5.58. The molecule has 2 heterocycles. The topological polar surface area (TPSA) is 61.4 Å². The number of thioether (sulfide) groups is 1. The summed E-state index contributed by atoms with van der Waals surface area (Å²) in [6, 6.07) is 13.2. The standard InChI is InChI=1S/C21H20N4O2S/c1-13(2)12-28-21-23-22-20-24(17-11-14(3)9-10-18(17)27-4)19(26)15-7-5-6-8-16(15)25(20)21/h5-11H,1,12H2,2-4H3. The average molecular weight is 392 g/mol. The van der Waals surface area contributed by atoms with Crippen LogP contribution in [0.25, 0.3) is 22.4 Å². The summed E-state index contributed by atoms with van der Waals surface area (Å²) in [5, 5.41) is 10.0. The molecule has 0 amide bonds. The molecule has 0 unspecified atom stereocenters. The lowest BCUT2D eigenvalue weighted by atomic mass is 10.2. The first-order valence-electron chi connectivity index (χ1n) is 8.82. The van der Waals surface area contributed by atoms with E-state index in [1.165, 1.54) is 0 Å². The zero-order valence-corrected chi connectivity index (χ0v) is 16.8. The van der Waals surface area contributed by atoms with Crippen molar-refractivity contribution in [2.45, 2.75) is 19.0 Å². The number of methoxy groups -OCH3 is 1. The van der Waals surface area contributed by atoms with Crippen molar-refractivity contribution in [2.24, 2.45) is 0 Å². The van der Waals surface area contributed by atoms with E-state index in [2.05, 4.69) is 16.8 Å². The number of aromatic nitrogens is 4. The summed E-state index contributed by atoms with van der Waals surface area (Å²) in [7, 11) is 1.59. The van der Waals surface area contributed by atoms with Crippen LogP contribution in [-0.2, 0) is 0 Å². The second kappa shape index (κ2) is 7.16. The van der Waals surface area contributed by atoms with Gasteiger partial charge in [0.2, 0.25) is 5.78 Å². The van der Waals surface area contributed by atoms with E-state index in [4.69, 9.17) is 4.74 Å². The van der Waals surface area contributed by atoms with Gasteiger partial charge in [0.15, 0.2) is 5.16 Å². The quantitative estimate of drug-likeness (QED) is 0.379. The van der Waals surface area contributed by atoms with Gasteiger partial charge in [-0.2, -0.15) is 0 Å². The summed E-state index contributed by atoms with van der Waals surface area (Å²) < 4.78 is 9.02. The highest BCUT2D eigenvalue weighted by Crippen LogP contribution is 2.28. The van der Waals surface area contributed by atoms with Crippen molar-refractivity contribution in [1.82, 2.24) is 19.2 Å². The molecule has 142 valence electrons. The van der Waals surface area contributed by atoms with Crippen molar-refractivity contribution in [3.05, 3.63) is 70.5 Å². The van der Waals surface area contributed by atoms with Crippen molar-refractivity contribution in [3.63, 3.8) is 0 Å². The minimum atomic E-state index is -0.157. The van der Waals surface area contributed by atoms with Crippen molar-refractivity contribution in [1.29, 1.82) is 0 Å². The molecule has 2 aromatic carbocycles. The molecule has 28 heavy (non-hydrogen) atoms. The van der Waals surface area contributed by atoms with Gasteiger partial charge in [0.25, 0.3) is 5.56 Å². The number of hydrogen-bond donors (Lipinski definition) is 0. The number of rotatable bonds is 5. The lowest BCUT2D eigenvalue weighted by Gasteiger charge is -2.14. The Bertz CT molecular complexity index is 1270. The van der Waals surface area contributed by atoms with Gasteiger partial charge in [-0.3, -0.25) is 9.20 Å². The molecule has 0 radical (unpaired) electrons. The van der Waals surface area contributed by atoms with Gasteiger partial charge in [0.1, 0.15) is 5.75 Å². The zero-order chi connectivity index (χ0) is 19.8. The zero-order valence-electron chi connectivity index (χ0n) is 16.0. The molecule has 0 aliphatic heterocycles. The number of nitrogens with zero attached hydrogens (tertiary/aromatic N) is 4. The minimum Gasteiger partial charge on any atom is -0.495 e. The number of hydrogen-bond acceptors (Lipinski definition) is 5. The van der Waals surface area contributed by atoms with Crippen LogP contribution in [0.1, 0.15) is 12.5 Å². The van der Waals surface area contributed by atoms with Gasteiger partial charge < -0.3 is 4.74 Å². The van der Waals surface area contributed by atoms with E-state index in [1.807, 2.05) is 60.7 Å². The van der Waals surface area contributed by atoms with Gasteiger partial charge in [-0.1, -0.05) is 42.1 Å². The van der Waals surface area contributed by atoms with Crippen LogP contribution in [0.5, 0.6) is 5.75 Å². The Labute approximate surface area is 166 Å². The predicted molar refractivity (Wildman–Crippen MR) is 113 cm³/mol. The van der Waals surface area contributed by atoms with Crippen LogP contribution < -0.4 is 10.3 Å². The van der Waals surface area contributed by atoms with E-state index < -0.39 is 0 Å². The Morgan fingerprint density at radius 2 is 2.00 bits per heavy atom. The summed E-state index contributed by atoms with van der Waals surface area (Å²) in [4.78, 5) is 13.4. The average Bonchev–Trinajstić information content (AvgIpc) is 3.10. The van der Waals surface area contributed by atoms with Gasteiger partial charge in [-0.25, -0.2) is 4.57 Å². The molecular formula is C21H20N4O2S. The molecule has 0 aliphatic rings. The molecule has 6 nitrogen and oxygen atoms in total. The Kier molecular flexibility index (Phi) is 4.68. The number of fused-ring (bicyclic) bond motifs is 3. The maximum atomic E-state index is 13.4. The van der Waals surface area contributed by atoms with Crippen LogP contribution in [0.3, 0.4) is 0 Å². The highest BCUT2D eigenvalue weighted by atomic mass is 32.2. The van der Waals surface area contributed by atoms with E-state index in [1.54, 1.807) is 23.4 Å². The summed E-state index contributed by atoms with van der Waals surface area (Å²) in [6.45, 7) is 7.91. The summed E-state index contributed by atoms with van der Waals surface area (Å²) >= 11 is 1.55. The van der Waals surface area contributed by atoms with E-state index in [0.717, 1.165) is 27.6 Å². The molecular weight excluding hydrogens is 372 g/mol. The van der Waals surface area contributed by atoms with Crippen molar-refractivity contribution in [3.8, 4) is 11.4 Å². The smallest absolute Gasteiger partial charge is 0.267 e. The molecule has 0 aliphatic carbocycles. The SMILES string of the molecule is C=C(C)CSc1nnc2n(-c3cc(C)ccc3OC)c(=O)c3ccccc3n12. The van der Waals surface area contributed by atoms with Crippen LogP contribution in [0.2, 0.25) is 0 Å². The number of ether oxygens (including phenoxy) is 1. The maximum Gasteiger partial charge on any atom is 0.267 e. The maximum absolute atomic E-state index is 13.4. The first-order chi connectivity index (χ1) is 13.5. The van der Waals surface area contributed by atoms with Crippen molar-refractivity contribution < 1.29 is 4.74 Å². The van der Waals surface area contributed by atoms with E-state index in [0.29, 0.717) is 22.6 Å². The molecule has 0 spiro atoms. The fraction of sp³-hybridized carbons (Fsp3) is 0.190. The molecule has 4 rings (SSSR count). The Morgan fingerprint density at radius 1 is 1.21 bits per heavy atom. The van der Waals surface area contributed by atoms with E-state index in [9.17, 15) is 4.79 Å². The third kappa shape index (κ3) is 2.97. The number of aryl methyl sites for hydroxylation is 1. The molecule has 2 aromatic heterocycles. The normalized spacial score (nSPS) is 11.2. The second-order valence-corrected chi connectivity index (χ2v) is 7.64. The predicted octanol–water partition coefficient (Wildman–Crippen LogP) is 4.02. The Hall–Kier alpha value is -3.06. The van der Waals surface area contributed by atoms with Gasteiger partial charge in [0.05, 0.1) is 23.7 Å². The summed E-state index contributed by atoms with van der Waals surface area (Å²) in [6.07, 6.45) is 0. The number of benzene rings is 2. The van der Waals surface area contributed by atoms with Crippen LogP contribution in [0.4, 0.5) is 0 Å².